The van der Waals surface area contributed by atoms with Gasteiger partial charge in [-0.3, -0.25) is 24.5 Å². The maximum absolute atomic E-state index is 11.5. The number of pyridine rings is 2. The zero-order chi connectivity index (χ0) is 38.8. The third kappa shape index (κ3) is 12.9. The summed E-state index contributed by atoms with van der Waals surface area (Å²) in [6, 6.07) is 40.0. The van der Waals surface area contributed by atoms with Gasteiger partial charge in [-0.15, -0.1) is 0 Å². The molecule has 6 rings (SSSR count). The van der Waals surface area contributed by atoms with Crippen molar-refractivity contribution >= 4 is 11.8 Å². The lowest BCUT2D eigenvalue weighted by atomic mass is 10.1. The SMILES string of the molecule is CCN(CCc1ccc(Oc2ccncc2C(N)=O)cc1)Cc1ccccc1.CN(CCc1ccc(Oc2ccncc2C(N)=O)cc1)Cc1ccccc1. The third-order valence-electron chi connectivity index (χ3n) is 8.89. The van der Waals surface area contributed by atoms with E-state index in [1.807, 2.05) is 48.5 Å². The van der Waals surface area contributed by atoms with Crippen molar-refractivity contribution in [3.63, 3.8) is 0 Å². The fourth-order valence-corrected chi connectivity index (χ4v) is 5.79. The van der Waals surface area contributed by atoms with Crippen molar-refractivity contribution in [1.29, 1.82) is 0 Å². The number of nitrogens with two attached hydrogens (primary N) is 2. The molecule has 0 bridgehead atoms. The minimum absolute atomic E-state index is 0.268. The van der Waals surface area contributed by atoms with Gasteiger partial charge in [0.05, 0.1) is 0 Å². The minimum Gasteiger partial charge on any atom is -0.456 e. The Morgan fingerprint density at radius 3 is 1.44 bits per heavy atom. The highest BCUT2D eigenvalue weighted by molar-refractivity contribution is 5.95. The normalized spacial score (nSPS) is 10.8. The zero-order valence-corrected chi connectivity index (χ0v) is 31.4. The van der Waals surface area contributed by atoms with Crippen LogP contribution in [0.1, 0.15) is 49.9 Å². The fourth-order valence-electron chi connectivity index (χ4n) is 5.79. The van der Waals surface area contributed by atoms with Gasteiger partial charge in [-0.2, -0.15) is 0 Å². The number of nitrogens with zero attached hydrogens (tertiary/aromatic N) is 4. The Morgan fingerprint density at radius 2 is 1.00 bits per heavy atom. The second kappa shape index (κ2) is 20.8. The molecule has 0 saturated carbocycles. The Bertz CT molecular complexity index is 2080. The molecule has 0 saturated heterocycles. The Kier molecular flexibility index (Phi) is 15.0. The van der Waals surface area contributed by atoms with Crippen molar-refractivity contribution in [3.8, 4) is 23.0 Å². The van der Waals surface area contributed by atoms with Crippen LogP contribution >= 0.6 is 0 Å². The summed E-state index contributed by atoms with van der Waals surface area (Å²) < 4.78 is 11.6. The molecule has 0 atom stereocenters. The van der Waals surface area contributed by atoms with Crippen LogP contribution in [-0.2, 0) is 25.9 Å². The number of ether oxygens (including phenoxy) is 2. The van der Waals surface area contributed by atoms with E-state index in [2.05, 4.69) is 94.4 Å². The van der Waals surface area contributed by atoms with E-state index >= 15 is 0 Å². The van der Waals surface area contributed by atoms with Crippen LogP contribution in [0, 0.1) is 0 Å². The van der Waals surface area contributed by atoms with Crippen LogP contribution in [0.25, 0.3) is 0 Å². The molecular weight excluding hydrogens is 689 g/mol. The minimum atomic E-state index is -0.559. The van der Waals surface area contributed by atoms with Gasteiger partial charge in [0.1, 0.15) is 34.1 Å². The monoisotopic (exact) mass is 736 g/mol. The van der Waals surface area contributed by atoms with Crippen LogP contribution in [0.5, 0.6) is 23.0 Å². The van der Waals surface area contributed by atoms with Gasteiger partial charge >= 0.3 is 0 Å². The van der Waals surface area contributed by atoms with Gasteiger partial charge in [0.15, 0.2) is 0 Å². The van der Waals surface area contributed by atoms with Crippen LogP contribution in [0.4, 0.5) is 0 Å². The predicted molar refractivity (Wildman–Crippen MR) is 216 cm³/mol. The Labute approximate surface area is 323 Å². The highest BCUT2D eigenvalue weighted by atomic mass is 16.5. The number of rotatable bonds is 17. The largest absolute Gasteiger partial charge is 0.456 e. The third-order valence-corrected chi connectivity index (χ3v) is 8.89. The van der Waals surface area contributed by atoms with Gasteiger partial charge in [0.25, 0.3) is 11.8 Å². The van der Waals surface area contributed by atoms with Crippen molar-refractivity contribution in [2.24, 2.45) is 11.5 Å². The van der Waals surface area contributed by atoms with Crippen LogP contribution in [-0.4, -0.2) is 58.3 Å². The zero-order valence-electron chi connectivity index (χ0n) is 31.4. The predicted octanol–water partition coefficient (Wildman–Crippen LogP) is 7.68. The van der Waals surface area contributed by atoms with Crippen LogP contribution in [0.3, 0.4) is 0 Å². The lowest BCUT2D eigenvalue weighted by molar-refractivity contribution is 0.0989. The highest BCUT2D eigenvalue weighted by Crippen LogP contribution is 2.26. The number of benzene rings is 4. The summed E-state index contributed by atoms with van der Waals surface area (Å²) >= 11 is 0. The molecule has 2 heterocycles. The van der Waals surface area contributed by atoms with Gasteiger partial charge in [-0.25, -0.2) is 0 Å². The molecular formula is C45H48N6O4. The second-order valence-corrected chi connectivity index (χ2v) is 13.0. The van der Waals surface area contributed by atoms with E-state index in [-0.39, 0.29) is 11.1 Å². The molecule has 0 aliphatic rings. The molecule has 10 heteroatoms. The van der Waals surface area contributed by atoms with Crippen molar-refractivity contribution in [2.75, 3.05) is 26.7 Å². The second-order valence-electron chi connectivity index (χ2n) is 13.0. The number of amides is 2. The molecule has 4 aromatic carbocycles. The van der Waals surface area contributed by atoms with Gasteiger partial charge in [0, 0.05) is 51.0 Å². The number of likely N-dealkylation sites (N-methyl/N-ethyl adjacent to an activating group) is 2. The molecule has 0 radical (unpaired) electrons. The summed E-state index contributed by atoms with van der Waals surface area (Å²) in [6.07, 6.45) is 7.88. The summed E-state index contributed by atoms with van der Waals surface area (Å²) in [4.78, 5) is 35.5. The number of carbonyl (C=O) groups is 2. The van der Waals surface area contributed by atoms with Gasteiger partial charge in [-0.1, -0.05) is 91.9 Å². The van der Waals surface area contributed by atoms with E-state index in [0.29, 0.717) is 23.0 Å². The van der Waals surface area contributed by atoms with E-state index in [1.165, 1.54) is 34.6 Å². The first kappa shape index (κ1) is 39.8. The lowest BCUT2D eigenvalue weighted by Crippen LogP contribution is -2.25. The van der Waals surface area contributed by atoms with Crippen molar-refractivity contribution in [3.05, 3.63) is 179 Å². The summed E-state index contributed by atoms with van der Waals surface area (Å²) in [5.41, 5.74) is 16.4. The van der Waals surface area contributed by atoms with Gasteiger partial charge in [0.2, 0.25) is 0 Å². The Balaban J connectivity index is 0.000000211. The van der Waals surface area contributed by atoms with E-state index in [4.69, 9.17) is 20.9 Å². The molecule has 4 N–H and O–H groups in total. The smallest absolute Gasteiger partial charge is 0.254 e. The molecule has 0 fully saturated rings. The Morgan fingerprint density at radius 1 is 0.564 bits per heavy atom. The maximum atomic E-state index is 11.5. The molecule has 55 heavy (non-hydrogen) atoms. The molecule has 2 amide bonds. The van der Waals surface area contributed by atoms with Crippen LogP contribution in [0.15, 0.2) is 146 Å². The first-order chi connectivity index (χ1) is 26.8. The van der Waals surface area contributed by atoms with Crippen molar-refractivity contribution < 1.29 is 19.1 Å². The number of carbonyl (C=O) groups excluding carboxylic acids is 2. The molecule has 0 aliphatic carbocycles. The summed E-state index contributed by atoms with van der Waals surface area (Å²) in [6.45, 7) is 7.03. The van der Waals surface area contributed by atoms with Gasteiger partial charge in [-0.05, 0) is 85.1 Å². The standard InChI is InChI=1S/C23H25N3O2.C22H23N3O2/c1-2-26(17-19-6-4-3-5-7-19)15-13-18-8-10-20(11-9-18)28-22-12-14-25-16-21(22)23(24)27;1-25(16-18-5-3-2-4-6-18)14-12-17-7-9-19(10-8-17)27-21-11-13-24-15-20(21)22(23)26/h3-12,14,16H,2,13,15,17H2,1H3,(H2,24,27);2-11,13,15H,12,14,16H2,1H3,(H2,23,26). The van der Waals surface area contributed by atoms with Gasteiger partial charge < -0.3 is 25.8 Å². The maximum Gasteiger partial charge on any atom is 0.254 e. The summed E-state index contributed by atoms with van der Waals surface area (Å²) in [5, 5.41) is 0. The number of hydrogen-bond acceptors (Lipinski definition) is 8. The number of aromatic nitrogens is 2. The van der Waals surface area contributed by atoms with E-state index in [1.54, 1.807) is 24.5 Å². The fraction of sp³-hybridized carbons (Fsp3) is 0.200. The number of hydrogen-bond donors (Lipinski definition) is 2. The quantitative estimate of drug-likeness (QED) is 0.0973. The molecule has 6 aromatic rings. The first-order valence-electron chi connectivity index (χ1n) is 18.3. The molecule has 0 aliphatic heterocycles. The van der Waals surface area contributed by atoms with Crippen molar-refractivity contribution in [2.45, 2.75) is 32.9 Å². The van der Waals surface area contributed by atoms with E-state index < -0.39 is 11.8 Å². The Hall–Kier alpha value is -6.36. The number of primary amides is 2. The molecule has 2 aromatic heterocycles. The highest BCUT2D eigenvalue weighted by Gasteiger charge is 2.12. The molecule has 0 spiro atoms. The van der Waals surface area contributed by atoms with Crippen molar-refractivity contribution in [1.82, 2.24) is 19.8 Å². The van der Waals surface area contributed by atoms with Crippen LogP contribution in [0.2, 0.25) is 0 Å². The molecule has 10 nitrogen and oxygen atoms in total. The topological polar surface area (TPSA) is 137 Å². The summed E-state index contributed by atoms with van der Waals surface area (Å²) in [5.74, 6) is 1.02. The lowest BCUT2D eigenvalue weighted by Gasteiger charge is -2.20. The summed E-state index contributed by atoms with van der Waals surface area (Å²) in [7, 11) is 2.12. The first-order valence-corrected chi connectivity index (χ1v) is 18.3. The van der Waals surface area contributed by atoms with Crippen LogP contribution < -0.4 is 20.9 Å². The molecule has 282 valence electrons. The van der Waals surface area contributed by atoms with E-state index in [0.717, 1.165) is 45.6 Å². The van der Waals surface area contributed by atoms with E-state index in [9.17, 15) is 9.59 Å². The average Bonchev–Trinajstić information content (AvgIpc) is 3.21. The molecule has 0 unspecified atom stereocenters. The average molecular weight is 737 g/mol.